The van der Waals surface area contributed by atoms with Gasteiger partial charge in [-0.25, -0.2) is 0 Å². The zero-order chi connectivity index (χ0) is 22.2. The number of ether oxygens (including phenoxy) is 1. The molecule has 2 aromatic heterocycles. The molecule has 9 heteroatoms. The number of nitrogens with one attached hydrogen (secondary N) is 1. The van der Waals surface area contributed by atoms with Gasteiger partial charge in [-0.05, 0) is 55.1 Å². The predicted molar refractivity (Wildman–Crippen MR) is 123 cm³/mol. The minimum Gasteiger partial charge on any atom is -0.508 e. The summed E-state index contributed by atoms with van der Waals surface area (Å²) in [6.07, 6.45) is 1.70. The summed E-state index contributed by atoms with van der Waals surface area (Å²) >= 11 is 0. The molecule has 1 aliphatic heterocycles. The van der Waals surface area contributed by atoms with Crippen LogP contribution >= 0.6 is 0 Å². The van der Waals surface area contributed by atoms with E-state index in [0.717, 1.165) is 40.6 Å². The largest absolute Gasteiger partial charge is 0.508 e. The summed E-state index contributed by atoms with van der Waals surface area (Å²) in [4.78, 5) is 9.52. The maximum Gasteiger partial charge on any atom is 0.489 e. The summed E-state index contributed by atoms with van der Waals surface area (Å²) in [6, 6.07) is 14.4. The van der Waals surface area contributed by atoms with Crippen LogP contribution in [-0.2, 0) is 13.0 Å². The van der Waals surface area contributed by atoms with Gasteiger partial charge >= 0.3 is 7.12 Å². The van der Waals surface area contributed by atoms with Crippen LogP contribution in [0.5, 0.6) is 11.6 Å². The molecule has 0 spiro atoms. The highest BCUT2D eigenvalue weighted by atomic mass is 16.5. The lowest BCUT2D eigenvalue weighted by atomic mass is 9.78. The fourth-order valence-corrected chi connectivity index (χ4v) is 4.19. The van der Waals surface area contributed by atoms with E-state index in [1.54, 1.807) is 30.3 Å². The number of rotatable bonds is 5. The van der Waals surface area contributed by atoms with Crippen LogP contribution in [0.3, 0.4) is 0 Å². The number of aromatic nitrogens is 3. The van der Waals surface area contributed by atoms with E-state index in [4.69, 9.17) is 14.7 Å². The number of phenols is 1. The minimum absolute atomic E-state index is 0.217. The molecular formula is C23H23BN4O4. The predicted octanol–water partition coefficient (Wildman–Crippen LogP) is 2.05. The molecule has 0 saturated carbocycles. The normalized spacial score (nSPS) is 13.0. The Labute approximate surface area is 185 Å². The zero-order valence-electron chi connectivity index (χ0n) is 17.6. The fourth-order valence-electron chi connectivity index (χ4n) is 4.19. The van der Waals surface area contributed by atoms with Crippen LogP contribution in [0.1, 0.15) is 23.2 Å². The molecule has 8 nitrogen and oxygen atoms in total. The van der Waals surface area contributed by atoms with E-state index in [1.807, 2.05) is 29.7 Å². The molecule has 0 bridgehead atoms. The second-order valence-corrected chi connectivity index (χ2v) is 7.91. The van der Waals surface area contributed by atoms with Gasteiger partial charge in [0, 0.05) is 17.6 Å². The summed E-state index contributed by atoms with van der Waals surface area (Å²) in [5.74, 6) is 1.90. The van der Waals surface area contributed by atoms with Gasteiger partial charge in [0.15, 0.2) is 0 Å². The molecule has 2 aromatic carbocycles. The van der Waals surface area contributed by atoms with Gasteiger partial charge in [-0.15, -0.1) is 0 Å². The van der Waals surface area contributed by atoms with E-state index in [1.165, 1.54) is 0 Å². The van der Waals surface area contributed by atoms with E-state index in [-0.39, 0.29) is 5.75 Å². The van der Waals surface area contributed by atoms with Crippen molar-refractivity contribution in [3.8, 4) is 17.6 Å². The molecule has 4 N–H and O–H groups in total. The molecule has 32 heavy (non-hydrogen) atoms. The molecule has 0 saturated heterocycles. The van der Waals surface area contributed by atoms with E-state index in [9.17, 15) is 15.2 Å². The third-order valence-corrected chi connectivity index (χ3v) is 5.68. The maximum atomic E-state index is 9.76. The Kier molecular flexibility index (Phi) is 5.20. The number of anilines is 1. The van der Waals surface area contributed by atoms with Gasteiger partial charge in [0.25, 0.3) is 0 Å². The maximum absolute atomic E-state index is 9.76. The molecule has 0 atom stereocenters. The Morgan fingerprint density at radius 2 is 1.97 bits per heavy atom. The van der Waals surface area contributed by atoms with E-state index < -0.39 is 7.12 Å². The molecule has 1 aliphatic rings. The molecule has 0 amide bonds. The van der Waals surface area contributed by atoms with E-state index in [0.29, 0.717) is 36.3 Å². The second kappa shape index (κ2) is 8.18. The first-order valence-electron chi connectivity index (χ1n) is 10.5. The molecule has 0 unspecified atom stereocenters. The van der Waals surface area contributed by atoms with Gasteiger partial charge < -0.3 is 25.2 Å². The van der Waals surface area contributed by atoms with Crippen molar-refractivity contribution in [1.29, 1.82) is 0 Å². The van der Waals surface area contributed by atoms with Gasteiger partial charge in [0.2, 0.25) is 11.8 Å². The quantitative estimate of drug-likeness (QED) is 0.359. The molecule has 0 fully saturated rings. The molecule has 5 rings (SSSR count). The lowest BCUT2D eigenvalue weighted by Gasteiger charge is -2.21. The SMILES string of the molecule is Cc1cc2c(B(O)O)cccc2n1-c1nc(NCc2cccc(O)c2)c2c(n1)OCCC2. The first-order valence-corrected chi connectivity index (χ1v) is 10.5. The highest BCUT2D eigenvalue weighted by molar-refractivity contribution is 6.61. The number of hydrogen-bond donors (Lipinski definition) is 4. The van der Waals surface area contributed by atoms with Crippen molar-refractivity contribution < 1.29 is 19.9 Å². The number of hydrogen-bond acceptors (Lipinski definition) is 7. The van der Waals surface area contributed by atoms with Crippen molar-refractivity contribution in [2.24, 2.45) is 0 Å². The van der Waals surface area contributed by atoms with Crippen molar-refractivity contribution in [2.45, 2.75) is 26.3 Å². The summed E-state index contributed by atoms with van der Waals surface area (Å²) in [7, 11) is -1.57. The van der Waals surface area contributed by atoms with Crippen LogP contribution < -0.4 is 15.5 Å². The molecular weight excluding hydrogens is 407 g/mol. The standard InChI is InChI=1S/C23H23BN4O4/c1-14-11-18-19(24(30)31)8-3-9-20(18)28(14)23-26-21(17-7-4-10-32-22(17)27-23)25-13-15-5-2-6-16(29)12-15/h2-3,5-6,8-9,11-12,29-31H,4,7,10,13H2,1H3,(H,25,26,27). The van der Waals surface area contributed by atoms with Crippen LogP contribution in [0.2, 0.25) is 0 Å². The van der Waals surface area contributed by atoms with Gasteiger partial charge in [0.05, 0.1) is 17.7 Å². The Morgan fingerprint density at radius 1 is 1.12 bits per heavy atom. The molecule has 0 aliphatic carbocycles. The van der Waals surface area contributed by atoms with E-state index >= 15 is 0 Å². The zero-order valence-corrected chi connectivity index (χ0v) is 17.6. The second-order valence-electron chi connectivity index (χ2n) is 7.91. The monoisotopic (exact) mass is 430 g/mol. The number of fused-ring (bicyclic) bond motifs is 2. The minimum atomic E-state index is -1.57. The third kappa shape index (κ3) is 3.65. The summed E-state index contributed by atoms with van der Waals surface area (Å²) in [6.45, 7) is 3.02. The van der Waals surface area contributed by atoms with Gasteiger partial charge in [-0.1, -0.05) is 24.3 Å². The Morgan fingerprint density at radius 3 is 2.78 bits per heavy atom. The van der Waals surface area contributed by atoms with Crippen molar-refractivity contribution >= 4 is 29.3 Å². The fraction of sp³-hybridized carbons (Fsp3) is 0.217. The summed E-state index contributed by atoms with van der Waals surface area (Å²) < 4.78 is 7.75. The van der Waals surface area contributed by atoms with Crippen LogP contribution in [0.15, 0.2) is 48.5 Å². The first kappa shape index (κ1) is 20.4. The van der Waals surface area contributed by atoms with Crippen LogP contribution in [0, 0.1) is 6.92 Å². The van der Waals surface area contributed by atoms with Gasteiger partial charge in [-0.3, -0.25) is 4.57 Å². The van der Waals surface area contributed by atoms with Gasteiger partial charge in [0.1, 0.15) is 11.6 Å². The number of aromatic hydroxyl groups is 1. The van der Waals surface area contributed by atoms with Crippen molar-refractivity contribution in [2.75, 3.05) is 11.9 Å². The third-order valence-electron chi connectivity index (χ3n) is 5.68. The van der Waals surface area contributed by atoms with Crippen molar-refractivity contribution in [3.05, 3.63) is 65.4 Å². The number of nitrogens with zero attached hydrogens (tertiary/aromatic N) is 3. The van der Waals surface area contributed by atoms with Crippen molar-refractivity contribution in [3.63, 3.8) is 0 Å². The lowest BCUT2D eigenvalue weighted by Crippen LogP contribution is -2.30. The van der Waals surface area contributed by atoms with Gasteiger partial charge in [-0.2, -0.15) is 9.97 Å². The highest BCUT2D eigenvalue weighted by Crippen LogP contribution is 2.31. The first-order chi connectivity index (χ1) is 15.5. The van der Waals surface area contributed by atoms with Crippen LogP contribution in [0.4, 0.5) is 5.82 Å². The molecule has 4 aromatic rings. The number of benzene rings is 2. The molecule has 3 heterocycles. The summed E-state index contributed by atoms with van der Waals surface area (Å²) in [5.41, 5.74) is 3.94. The molecule has 162 valence electrons. The molecule has 0 radical (unpaired) electrons. The summed E-state index contributed by atoms with van der Waals surface area (Å²) in [5, 5.41) is 33.4. The Balaban J connectivity index is 1.60. The van der Waals surface area contributed by atoms with Crippen molar-refractivity contribution in [1.82, 2.24) is 14.5 Å². The highest BCUT2D eigenvalue weighted by Gasteiger charge is 2.23. The average Bonchev–Trinajstić information content (AvgIpc) is 3.13. The Hall–Kier alpha value is -3.56. The smallest absolute Gasteiger partial charge is 0.489 e. The Bertz CT molecular complexity index is 1300. The lowest BCUT2D eigenvalue weighted by molar-refractivity contribution is 0.275. The van der Waals surface area contributed by atoms with E-state index in [2.05, 4.69) is 5.32 Å². The average molecular weight is 430 g/mol. The topological polar surface area (TPSA) is 113 Å². The number of aryl methyl sites for hydroxylation is 1. The van der Waals surface area contributed by atoms with Crippen LogP contribution in [0.25, 0.3) is 16.9 Å². The number of phenolic OH excluding ortho intramolecular Hbond substituents is 1. The van der Waals surface area contributed by atoms with Crippen LogP contribution in [-0.4, -0.2) is 43.4 Å².